The third-order valence-corrected chi connectivity index (χ3v) is 3.75. The Labute approximate surface area is 117 Å². The van der Waals surface area contributed by atoms with E-state index in [1.54, 1.807) is 13.1 Å². The first-order chi connectivity index (χ1) is 9.52. The molecule has 1 unspecified atom stereocenters. The quantitative estimate of drug-likeness (QED) is 0.903. The predicted molar refractivity (Wildman–Crippen MR) is 76.4 cm³/mol. The number of anilines is 1. The molecule has 0 saturated carbocycles. The minimum atomic E-state index is -1.52. The number of fused-ring (bicyclic) bond motifs is 1. The molecule has 0 saturated heterocycles. The van der Waals surface area contributed by atoms with Crippen LogP contribution in [0.15, 0.2) is 42.5 Å². The molecule has 3 rings (SSSR count). The summed E-state index contributed by atoms with van der Waals surface area (Å²) < 4.78 is 0. The van der Waals surface area contributed by atoms with Crippen molar-refractivity contribution in [1.82, 2.24) is 4.98 Å². The fourth-order valence-corrected chi connectivity index (χ4v) is 2.75. The molecular formula is C16H16N2O2. The van der Waals surface area contributed by atoms with Gasteiger partial charge in [-0.15, -0.1) is 0 Å². The number of pyridine rings is 1. The zero-order valence-electron chi connectivity index (χ0n) is 11.5. The summed E-state index contributed by atoms with van der Waals surface area (Å²) in [6.45, 7) is 1.89. The van der Waals surface area contributed by atoms with Gasteiger partial charge in [0.1, 0.15) is 0 Å². The third kappa shape index (κ3) is 1.80. The Kier molecular flexibility index (Phi) is 2.83. The van der Waals surface area contributed by atoms with Crippen LogP contribution in [0.5, 0.6) is 0 Å². The molecule has 0 fully saturated rings. The van der Waals surface area contributed by atoms with Crippen LogP contribution in [0.3, 0.4) is 0 Å². The lowest BCUT2D eigenvalue weighted by Gasteiger charge is -2.21. The smallest absolute Gasteiger partial charge is 0.263 e. The van der Waals surface area contributed by atoms with Gasteiger partial charge in [-0.05, 0) is 25.1 Å². The van der Waals surface area contributed by atoms with E-state index in [1.165, 1.54) is 4.90 Å². The van der Waals surface area contributed by atoms with Gasteiger partial charge < -0.3 is 10.0 Å². The molecule has 0 bridgehead atoms. The summed E-state index contributed by atoms with van der Waals surface area (Å²) in [5.41, 5.74) is 1.47. The Bertz CT molecular complexity index is 684. The highest BCUT2D eigenvalue weighted by Crippen LogP contribution is 2.40. The van der Waals surface area contributed by atoms with Gasteiger partial charge in [0.25, 0.3) is 5.91 Å². The molecular weight excluding hydrogens is 252 g/mol. The number of hydrogen-bond acceptors (Lipinski definition) is 3. The second kappa shape index (κ2) is 4.42. The molecule has 1 aliphatic heterocycles. The average molecular weight is 268 g/mol. The SMILES string of the molecule is Cc1cccc(CC2(O)C(=O)N(C)c3ccccc32)n1. The van der Waals surface area contributed by atoms with Crippen molar-refractivity contribution in [3.8, 4) is 0 Å². The van der Waals surface area contributed by atoms with Crippen LogP contribution in [0, 0.1) is 6.92 Å². The number of aromatic nitrogens is 1. The van der Waals surface area contributed by atoms with Crippen LogP contribution in [-0.2, 0) is 16.8 Å². The first-order valence-electron chi connectivity index (χ1n) is 6.55. The number of amides is 1. The van der Waals surface area contributed by atoms with Gasteiger partial charge in [0.15, 0.2) is 5.60 Å². The number of rotatable bonds is 2. The summed E-state index contributed by atoms with van der Waals surface area (Å²) in [6.07, 6.45) is 0.189. The van der Waals surface area contributed by atoms with Crippen LogP contribution < -0.4 is 4.90 Å². The monoisotopic (exact) mass is 268 g/mol. The first-order valence-corrected chi connectivity index (χ1v) is 6.55. The minimum absolute atomic E-state index is 0.189. The number of hydrogen-bond donors (Lipinski definition) is 1. The van der Waals surface area contributed by atoms with Gasteiger partial charge in [-0.25, -0.2) is 0 Å². The Hall–Kier alpha value is -2.20. The Morgan fingerprint density at radius 3 is 2.70 bits per heavy atom. The number of aryl methyl sites for hydroxylation is 1. The van der Waals surface area contributed by atoms with E-state index in [9.17, 15) is 9.90 Å². The van der Waals surface area contributed by atoms with Crippen molar-refractivity contribution in [1.29, 1.82) is 0 Å². The molecule has 1 aromatic carbocycles. The molecule has 1 aliphatic rings. The average Bonchev–Trinajstić information content (AvgIpc) is 2.62. The van der Waals surface area contributed by atoms with Gasteiger partial charge in [0.2, 0.25) is 0 Å². The zero-order chi connectivity index (χ0) is 14.3. The number of benzene rings is 1. The van der Waals surface area contributed by atoms with Gasteiger partial charge in [-0.1, -0.05) is 24.3 Å². The number of para-hydroxylation sites is 1. The van der Waals surface area contributed by atoms with Crippen molar-refractivity contribution >= 4 is 11.6 Å². The van der Waals surface area contributed by atoms with E-state index in [0.29, 0.717) is 11.3 Å². The Morgan fingerprint density at radius 2 is 1.95 bits per heavy atom. The van der Waals surface area contributed by atoms with Gasteiger partial charge in [-0.2, -0.15) is 0 Å². The molecule has 2 heterocycles. The van der Waals surface area contributed by atoms with E-state index in [2.05, 4.69) is 4.98 Å². The molecule has 102 valence electrons. The molecule has 4 nitrogen and oxygen atoms in total. The van der Waals surface area contributed by atoms with Crippen LogP contribution in [0.25, 0.3) is 0 Å². The molecule has 4 heteroatoms. The van der Waals surface area contributed by atoms with Crippen molar-refractivity contribution in [2.24, 2.45) is 0 Å². The maximum absolute atomic E-state index is 12.4. The van der Waals surface area contributed by atoms with Gasteiger partial charge in [-0.3, -0.25) is 9.78 Å². The summed E-state index contributed by atoms with van der Waals surface area (Å²) in [7, 11) is 1.68. The zero-order valence-corrected chi connectivity index (χ0v) is 11.5. The molecule has 1 aromatic heterocycles. The van der Waals surface area contributed by atoms with Crippen molar-refractivity contribution in [3.63, 3.8) is 0 Å². The van der Waals surface area contributed by atoms with Crippen LogP contribution in [0.1, 0.15) is 17.0 Å². The fraction of sp³-hybridized carbons (Fsp3) is 0.250. The van der Waals surface area contributed by atoms with Gasteiger partial charge in [0, 0.05) is 30.4 Å². The summed E-state index contributed by atoms with van der Waals surface area (Å²) >= 11 is 0. The topological polar surface area (TPSA) is 53.4 Å². The maximum Gasteiger partial charge on any atom is 0.263 e. The lowest BCUT2D eigenvalue weighted by atomic mass is 9.90. The molecule has 1 atom stereocenters. The van der Waals surface area contributed by atoms with E-state index >= 15 is 0 Å². The highest BCUT2D eigenvalue weighted by atomic mass is 16.3. The molecule has 1 amide bonds. The molecule has 1 N–H and O–H groups in total. The number of carbonyl (C=O) groups is 1. The van der Waals surface area contributed by atoms with Crippen molar-refractivity contribution in [3.05, 3.63) is 59.4 Å². The fourth-order valence-electron chi connectivity index (χ4n) is 2.75. The van der Waals surface area contributed by atoms with Crippen molar-refractivity contribution in [2.45, 2.75) is 18.9 Å². The van der Waals surface area contributed by atoms with E-state index < -0.39 is 5.60 Å². The second-order valence-electron chi connectivity index (χ2n) is 5.19. The number of nitrogens with zero attached hydrogens (tertiary/aromatic N) is 2. The van der Waals surface area contributed by atoms with Crippen LogP contribution >= 0.6 is 0 Å². The Morgan fingerprint density at radius 1 is 1.20 bits per heavy atom. The largest absolute Gasteiger partial charge is 0.375 e. The predicted octanol–water partition coefficient (Wildman–Crippen LogP) is 1.80. The highest BCUT2D eigenvalue weighted by Gasteiger charge is 2.48. The summed E-state index contributed by atoms with van der Waals surface area (Å²) in [6, 6.07) is 12.9. The van der Waals surface area contributed by atoms with E-state index in [0.717, 1.165) is 11.4 Å². The number of likely N-dealkylation sites (N-methyl/N-ethyl adjacent to an activating group) is 1. The lowest BCUT2D eigenvalue weighted by Crippen LogP contribution is -2.40. The Balaban J connectivity index is 2.05. The van der Waals surface area contributed by atoms with Gasteiger partial charge in [0.05, 0.1) is 5.69 Å². The third-order valence-electron chi connectivity index (χ3n) is 3.75. The van der Waals surface area contributed by atoms with E-state index in [1.807, 2.05) is 43.3 Å². The summed E-state index contributed by atoms with van der Waals surface area (Å²) in [5, 5.41) is 10.9. The van der Waals surface area contributed by atoms with Crippen molar-refractivity contribution < 1.29 is 9.90 Å². The molecule has 20 heavy (non-hydrogen) atoms. The summed E-state index contributed by atoms with van der Waals surface area (Å²) in [4.78, 5) is 18.3. The maximum atomic E-state index is 12.4. The van der Waals surface area contributed by atoms with Crippen LogP contribution in [-0.4, -0.2) is 23.0 Å². The van der Waals surface area contributed by atoms with Crippen LogP contribution in [0.4, 0.5) is 5.69 Å². The first kappa shape index (κ1) is 12.8. The number of carbonyl (C=O) groups excluding carboxylic acids is 1. The molecule has 0 aliphatic carbocycles. The second-order valence-corrected chi connectivity index (χ2v) is 5.19. The minimum Gasteiger partial charge on any atom is -0.375 e. The molecule has 0 radical (unpaired) electrons. The van der Waals surface area contributed by atoms with Gasteiger partial charge >= 0.3 is 0 Å². The highest BCUT2D eigenvalue weighted by molar-refractivity contribution is 6.06. The number of aliphatic hydroxyl groups is 1. The lowest BCUT2D eigenvalue weighted by molar-refractivity contribution is -0.135. The summed E-state index contributed by atoms with van der Waals surface area (Å²) in [5.74, 6) is -0.304. The molecule has 0 spiro atoms. The standard InChI is InChI=1S/C16H16N2O2/c1-11-6-5-7-12(17-11)10-16(20)13-8-3-4-9-14(13)18(2)15(16)19/h3-9,20H,10H2,1-2H3. The van der Waals surface area contributed by atoms with Crippen LogP contribution in [0.2, 0.25) is 0 Å². The van der Waals surface area contributed by atoms with Crippen molar-refractivity contribution in [2.75, 3.05) is 11.9 Å². The van der Waals surface area contributed by atoms with E-state index in [4.69, 9.17) is 0 Å². The normalized spacial score (nSPS) is 21.1. The van der Waals surface area contributed by atoms with E-state index in [-0.39, 0.29) is 12.3 Å². The molecule has 2 aromatic rings.